The molecule has 238 valence electrons. The van der Waals surface area contributed by atoms with Crippen molar-refractivity contribution in [1.29, 1.82) is 0 Å². The number of carbonyl (C=O) groups is 3. The number of carboxylic acids is 3. The fourth-order valence-electron chi connectivity index (χ4n) is 2.45. The second-order valence-electron chi connectivity index (χ2n) is 7.78. The van der Waals surface area contributed by atoms with E-state index in [-0.39, 0.29) is 6.04 Å². The molecule has 0 bridgehead atoms. The fraction of sp³-hybridized carbons (Fsp3) is 0.417. The Balaban J connectivity index is 0. The molecule has 0 aliphatic rings. The van der Waals surface area contributed by atoms with Gasteiger partial charge in [0.2, 0.25) is 0 Å². The second-order valence-corrected chi connectivity index (χ2v) is 7.78. The van der Waals surface area contributed by atoms with Crippen molar-refractivity contribution in [2.24, 2.45) is 5.73 Å². The van der Waals surface area contributed by atoms with Gasteiger partial charge in [0.25, 0.3) is 0 Å². The summed E-state index contributed by atoms with van der Waals surface area (Å²) in [7, 11) is 0. The molecule has 1 unspecified atom stereocenters. The third-order valence-electron chi connectivity index (χ3n) is 4.62. The van der Waals surface area contributed by atoms with Crippen molar-refractivity contribution in [1.82, 2.24) is 9.88 Å². The van der Waals surface area contributed by atoms with Crippen LogP contribution < -0.4 is 5.73 Å². The first-order chi connectivity index (χ1) is 19.1. The third kappa shape index (κ3) is 19.2. The highest BCUT2D eigenvalue weighted by Gasteiger charge is 2.39. The van der Waals surface area contributed by atoms with E-state index < -0.39 is 36.4 Å². The van der Waals surface area contributed by atoms with Gasteiger partial charge in [-0.1, -0.05) is 44.2 Å². The summed E-state index contributed by atoms with van der Waals surface area (Å²) in [4.78, 5) is 33.2. The van der Waals surface area contributed by atoms with Crippen LogP contribution in [0.4, 0.5) is 39.5 Å². The minimum Gasteiger partial charge on any atom is -0.475 e. The maximum atomic E-state index is 10.6. The molecule has 0 fully saturated rings. The molecule has 1 atom stereocenters. The average Bonchev–Trinajstić information content (AvgIpc) is 2.88. The number of benzene rings is 1. The zero-order valence-electron chi connectivity index (χ0n) is 22.0. The number of pyridine rings is 1. The number of nitrogens with two attached hydrogens (primary N) is 1. The SMILES string of the molecule is CCN(CC)Cc1ccc(CC(N)c2cccnc2)cc1.O=C(O)C(F)(F)F.O=C(O)C(F)(F)F.O=C(O)C(F)(F)F. The van der Waals surface area contributed by atoms with Crippen LogP contribution in [0.1, 0.15) is 36.6 Å². The van der Waals surface area contributed by atoms with Crippen LogP contribution in [-0.2, 0) is 27.3 Å². The van der Waals surface area contributed by atoms with Gasteiger partial charge in [-0.2, -0.15) is 39.5 Å². The summed E-state index contributed by atoms with van der Waals surface area (Å²) in [6.45, 7) is 7.59. The van der Waals surface area contributed by atoms with Crippen LogP contribution >= 0.6 is 0 Å². The highest BCUT2D eigenvalue weighted by molar-refractivity contribution is 5.73. The van der Waals surface area contributed by atoms with Crippen molar-refractivity contribution in [3.63, 3.8) is 0 Å². The molecule has 0 saturated heterocycles. The Morgan fingerprint density at radius 2 is 1.12 bits per heavy atom. The largest absolute Gasteiger partial charge is 0.490 e. The quantitative estimate of drug-likeness (QED) is 0.309. The van der Waals surface area contributed by atoms with E-state index in [4.69, 9.17) is 35.4 Å². The lowest BCUT2D eigenvalue weighted by Crippen LogP contribution is -2.22. The van der Waals surface area contributed by atoms with Gasteiger partial charge in [-0.25, -0.2) is 14.4 Å². The van der Waals surface area contributed by atoms with Crippen LogP contribution in [-0.4, -0.2) is 74.7 Å². The molecule has 42 heavy (non-hydrogen) atoms. The monoisotopic (exact) mass is 625 g/mol. The van der Waals surface area contributed by atoms with Crippen LogP contribution in [0.5, 0.6) is 0 Å². The van der Waals surface area contributed by atoms with Gasteiger partial charge in [0.1, 0.15) is 0 Å². The Kier molecular flexibility index (Phi) is 17.7. The minimum atomic E-state index is -5.08. The molecule has 9 nitrogen and oxygen atoms in total. The number of nitrogens with zero attached hydrogens (tertiary/aromatic N) is 2. The number of rotatable bonds is 7. The maximum absolute atomic E-state index is 10.6. The van der Waals surface area contributed by atoms with Gasteiger partial charge in [0, 0.05) is 25.0 Å². The van der Waals surface area contributed by atoms with E-state index in [0.29, 0.717) is 0 Å². The van der Waals surface area contributed by atoms with Gasteiger partial charge >= 0.3 is 36.4 Å². The third-order valence-corrected chi connectivity index (χ3v) is 4.62. The van der Waals surface area contributed by atoms with Crippen molar-refractivity contribution in [3.8, 4) is 0 Å². The topological polar surface area (TPSA) is 154 Å². The molecule has 0 radical (unpaired) electrons. The standard InChI is InChI=1S/C18H25N3.3C2HF3O2/c1-3-21(4-2)14-16-9-7-15(8-10-16)12-18(19)17-6-5-11-20-13-17;3*3-2(4,5)1(6)7/h5-11,13,18H,3-4,12,14,19H2,1-2H3;3*(H,6,7). The van der Waals surface area contributed by atoms with Gasteiger partial charge < -0.3 is 21.1 Å². The van der Waals surface area contributed by atoms with Crippen molar-refractivity contribution >= 4 is 17.9 Å². The Morgan fingerprint density at radius 3 is 1.40 bits per heavy atom. The molecule has 2 rings (SSSR count). The van der Waals surface area contributed by atoms with E-state index >= 15 is 0 Å². The highest BCUT2D eigenvalue weighted by atomic mass is 19.4. The van der Waals surface area contributed by atoms with Crippen LogP contribution in [0.2, 0.25) is 0 Å². The zero-order valence-corrected chi connectivity index (χ0v) is 22.0. The molecule has 1 heterocycles. The number of carboxylic acid groups (broad SMARTS) is 3. The van der Waals surface area contributed by atoms with Gasteiger partial charge in [-0.05, 0) is 42.3 Å². The van der Waals surface area contributed by atoms with E-state index in [1.165, 1.54) is 11.1 Å². The molecular formula is C24H28F9N3O6. The highest BCUT2D eigenvalue weighted by Crippen LogP contribution is 2.17. The zero-order chi connectivity index (χ0) is 33.3. The van der Waals surface area contributed by atoms with Crippen molar-refractivity contribution in [2.75, 3.05) is 13.1 Å². The van der Waals surface area contributed by atoms with Crippen molar-refractivity contribution < 1.29 is 69.2 Å². The Morgan fingerprint density at radius 1 is 0.762 bits per heavy atom. The predicted octanol–water partition coefficient (Wildman–Crippen LogP) is 5.07. The molecule has 0 spiro atoms. The summed E-state index contributed by atoms with van der Waals surface area (Å²) >= 11 is 0. The first kappa shape index (κ1) is 40.2. The van der Waals surface area contributed by atoms with Gasteiger partial charge in [0.05, 0.1) is 0 Å². The number of alkyl halides is 9. The summed E-state index contributed by atoms with van der Waals surface area (Å²) < 4.78 is 95.2. The van der Waals surface area contributed by atoms with Crippen LogP contribution in [0.25, 0.3) is 0 Å². The lowest BCUT2D eigenvalue weighted by atomic mass is 10.00. The normalized spacial score (nSPS) is 11.9. The van der Waals surface area contributed by atoms with E-state index in [1.807, 2.05) is 18.3 Å². The number of aliphatic carboxylic acids is 3. The number of hydrogen-bond donors (Lipinski definition) is 4. The lowest BCUT2D eigenvalue weighted by Gasteiger charge is -2.18. The fourth-order valence-corrected chi connectivity index (χ4v) is 2.45. The molecule has 1 aromatic carbocycles. The maximum Gasteiger partial charge on any atom is 0.490 e. The van der Waals surface area contributed by atoms with Gasteiger partial charge in [-0.3, -0.25) is 9.88 Å². The molecule has 0 aliphatic carbocycles. The lowest BCUT2D eigenvalue weighted by molar-refractivity contribution is -0.193. The second kappa shape index (κ2) is 18.5. The van der Waals surface area contributed by atoms with E-state index in [2.05, 4.69) is 48.0 Å². The first-order valence-corrected chi connectivity index (χ1v) is 11.4. The predicted molar refractivity (Wildman–Crippen MR) is 129 cm³/mol. The molecule has 0 saturated carbocycles. The number of hydrogen-bond acceptors (Lipinski definition) is 6. The average molecular weight is 625 g/mol. The smallest absolute Gasteiger partial charge is 0.475 e. The van der Waals surface area contributed by atoms with E-state index in [1.54, 1.807) is 6.20 Å². The summed E-state index contributed by atoms with van der Waals surface area (Å²) in [6.07, 6.45) is -10.8. The van der Waals surface area contributed by atoms with Crippen molar-refractivity contribution in [3.05, 3.63) is 65.5 Å². The minimum absolute atomic E-state index is 0.00679. The summed E-state index contributed by atoms with van der Waals surface area (Å²) in [6, 6.07) is 12.8. The van der Waals surface area contributed by atoms with Crippen LogP contribution in [0, 0.1) is 0 Å². The Hall–Kier alpha value is -3.93. The summed E-state index contributed by atoms with van der Waals surface area (Å²) in [5, 5.41) is 21.4. The molecular weight excluding hydrogens is 597 g/mol. The molecule has 0 amide bonds. The summed E-state index contributed by atoms with van der Waals surface area (Å²) in [5.74, 6) is -8.27. The van der Waals surface area contributed by atoms with E-state index in [9.17, 15) is 39.5 Å². The number of aromatic nitrogens is 1. The van der Waals surface area contributed by atoms with E-state index in [0.717, 1.165) is 31.6 Å². The molecule has 18 heteroatoms. The van der Waals surface area contributed by atoms with Crippen molar-refractivity contribution in [2.45, 2.75) is 51.4 Å². The molecule has 0 aliphatic heterocycles. The molecule has 1 aromatic heterocycles. The van der Waals surface area contributed by atoms with Crippen LogP contribution in [0.3, 0.4) is 0 Å². The van der Waals surface area contributed by atoms with Gasteiger partial charge in [-0.15, -0.1) is 0 Å². The Bertz CT molecular complexity index is 1020. The molecule has 5 N–H and O–H groups in total. The Labute approximate surface area is 233 Å². The van der Waals surface area contributed by atoms with Gasteiger partial charge in [0.15, 0.2) is 0 Å². The van der Waals surface area contributed by atoms with Crippen LogP contribution in [0.15, 0.2) is 48.8 Å². The number of halogens is 9. The first-order valence-electron chi connectivity index (χ1n) is 11.4. The molecule has 2 aromatic rings. The summed E-state index contributed by atoms with van der Waals surface area (Å²) in [5.41, 5.74) is 9.96.